The first-order valence-electron chi connectivity index (χ1n) is 7.71. The summed E-state index contributed by atoms with van der Waals surface area (Å²) in [6, 6.07) is 9.17. The van der Waals surface area contributed by atoms with Crippen LogP contribution in [0.3, 0.4) is 0 Å². The lowest BCUT2D eigenvalue weighted by Crippen LogP contribution is -2.30. The van der Waals surface area contributed by atoms with Crippen LogP contribution in [0.2, 0.25) is 0 Å². The van der Waals surface area contributed by atoms with Gasteiger partial charge in [-0.25, -0.2) is 4.39 Å². The van der Waals surface area contributed by atoms with Gasteiger partial charge in [-0.15, -0.1) is 0 Å². The molecule has 4 rings (SSSR count). The molecule has 0 saturated heterocycles. The first-order chi connectivity index (χ1) is 12.0. The number of aromatic nitrogens is 3. The number of fused-ring (bicyclic) bond motifs is 2. The molecule has 3 aromatic rings. The zero-order valence-electron chi connectivity index (χ0n) is 13.3. The Morgan fingerprint density at radius 1 is 1.24 bits per heavy atom. The molecule has 2 aromatic carbocycles. The number of halogens is 1. The molecule has 1 atom stereocenters. The highest BCUT2D eigenvalue weighted by atomic mass is 19.1. The molecule has 2 amide bonds. The van der Waals surface area contributed by atoms with Gasteiger partial charge in [0.1, 0.15) is 16.9 Å². The second-order valence-electron chi connectivity index (χ2n) is 5.92. The molecule has 2 heterocycles. The quantitative estimate of drug-likeness (QED) is 0.749. The van der Waals surface area contributed by atoms with Crippen LogP contribution in [0.25, 0.3) is 11.0 Å². The molecule has 7 nitrogen and oxygen atoms in total. The highest BCUT2D eigenvalue weighted by Crippen LogP contribution is 2.33. The maximum atomic E-state index is 13.6. The van der Waals surface area contributed by atoms with Crippen LogP contribution in [-0.4, -0.2) is 26.8 Å². The Hall–Kier alpha value is -3.29. The van der Waals surface area contributed by atoms with Crippen molar-refractivity contribution in [3.8, 4) is 0 Å². The number of benzene rings is 2. The van der Waals surface area contributed by atoms with Crippen LogP contribution in [0.4, 0.5) is 15.8 Å². The summed E-state index contributed by atoms with van der Waals surface area (Å²) < 4.78 is 13.6. The number of carbonyl (C=O) groups is 2. The van der Waals surface area contributed by atoms with E-state index in [1.807, 2.05) is 0 Å². The summed E-state index contributed by atoms with van der Waals surface area (Å²) in [5.74, 6) is -1.85. The summed E-state index contributed by atoms with van der Waals surface area (Å²) in [5.41, 5.74) is 2.83. The highest BCUT2D eigenvalue weighted by Gasteiger charge is 2.31. The molecule has 0 bridgehead atoms. The minimum absolute atomic E-state index is 0.0321. The van der Waals surface area contributed by atoms with Crippen LogP contribution >= 0.6 is 0 Å². The van der Waals surface area contributed by atoms with Crippen molar-refractivity contribution >= 4 is 34.2 Å². The molecular weight excluding hydrogens is 325 g/mol. The number of hydrogen-bond donors (Lipinski definition) is 2. The predicted octanol–water partition coefficient (Wildman–Crippen LogP) is 2.17. The molecule has 8 heteroatoms. The maximum Gasteiger partial charge on any atom is 0.232 e. The molecule has 1 unspecified atom stereocenters. The van der Waals surface area contributed by atoms with E-state index in [-0.39, 0.29) is 18.2 Å². The molecule has 0 aliphatic carbocycles. The van der Waals surface area contributed by atoms with Gasteiger partial charge in [-0.3, -0.25) is 9.59 Å². The van der Waals surface area contributed by atoms with Crippen molar-refractivity contribution in [3.05, 3.63) is 47.8 Å². The van der Waals surface area contributed by atoms with Crippen molar-refractivity contribution < 1.29 is 14.0 Å². The van der Waals surface area contributed by atoms with Crippen molar-refractivity contribution in [2.24, 2.45) is 7.05 Å². The number of rotatable bonds is 2. The molecular formula is C17H14FN5O2. The lowest BCUT2D eigenvalue weighted by Gasteiger charge is -2.24. The van der Waals surface area contributed by atoms with Gasteiger partial charge in [0.25, 0.3) is 0 Å². The predicted molar refractivity (Wildman–Crippen MR) is 89.5 cm³/mol. The first-order valence-corrected chi connectivity index (χ1v) is 7.71. The van der Waals surface area contributed by atoms with Crippen molar-refractivity contribution in [3.63, 3.8) is 0 Å². The Kier molecular flexibility index (Phi) is 3.45. The molecule has 0 fully saturated rings. The van der Waals surface area contributed by atoms with Gasteiger partial charge in [0, 0.05) is 24.8 Å². The summed E-state index contributed by atoms with van der Waals surface area (Å²) in [6.07, 6.45) is -0.0321. The van der Waals surface area contributed by atoms with Crippen LogP contribution in [0.1, 0.15) is 17.9 Å². The van der Waals surface area contributed by atoms with E-state index in [1.165, 1.54) is 23.0 Å². The maximum absolute atomic E-state index is 13.6. The average molecular weight is 339 g/mol. The van der Waals surface area contributed by atoms with E-state index in [0.717, 1.165) is 0 Å². The van der Waals surface area contributed by atoms with E-state index in [0.29, 0.717) is 28.0 Å². The summed E-state index contributed by atoms with van der Waals surface area (Å²) in [6.45, 7) is 0. The Morgan fingerprint density at radius 2 is 2.04 bits per heavy atom. The molecule has 0 radical (unpaired) electrons. The average Bonchev–Trinajstić information content (AvgIpc) is 2.93. The van der Waals surface area contributed by atoms with Crippen LogP contribution in [0.5, 0.6) is 0 Å². The fraction of sp³-hybridized carbons (Fsp3) is 0.176. The number of nitrogens with zero attached hydrogens (tertiary/aromatic N) is 3. The third-order valence-corrected chi connectivity index (χ3v) is 4.12. The van der Waals surface area contributed by atoms with Gasteiger partial charge in [0.05, 0.1) is 5.92 Å². The standard InChI is InChI=1S/C17H14FN5O2/c1-23-21-14-5-3-10(7-15(14)22-23)19-17(25)12-8-16(24)20-13-4-2-9(18)6-11(12)13/h2-7,12H,8H2,1H3,(H,19,25)(H,20,24). The number of nitrogens with one attached hydrogen (secondary N) is 2. The SMILES string of the molecule is Cn1nc2ccc(NC(=O)C3CC(=O)Nc4ccc(F)cc43)cc2n1. The minimum atomic E-state index is -0.753. The second-order valence-corrected chi connectivity index (χ2v) is 5.92. The van der Waals surface area contributed by atoms with Gasteiger partial charge in [-0.05, 0) is 42.0 Å². The third-order valence-electron chi connectivity index (χ3n) is 4.12. The molecule has 1 aliphatic rings. The van der Waals surface area contributed by atoms with Crippen molar-refractivity contribution in [1.29, 1.82) is 0 Å². The van der Waals surface area contributed by atoms with E-state index >= 15 is 0 Å². The third kappa shape index (κ3) is 2.82. The molecule has 0 spiro atoms. The zero-order chi connectivity index (χ0) is 17.6. The Labute approximate surface area is 141 Å². The van der Waals surface area contributed by atoms with E-state index < -0.39 is 11.7 Å². The lowest BCUT2D eigenvalue weighted by molar-refractivity contribution is -0.123. The molecule has 1 aliphatic heterocycles. The summed E-state index contributed by atoms with van der Waals surface area (Å²) in [5, 5.41) is 13.8. The zero-order valence-corrected chi connectivity index (χ0v) is 13.3. The minimum Gasteiger partial charge on any atom is -0.326 e. The van der Waals surface area contributed by atoms with Crippen LogP contribution in [-0.2, 0) is 16.6 Å². The van der Waals surface area contributed by atoms with E-state index in [1.54, 1.807) is 25.2 Å². The Balaban J connectivity index is 1.64. The fourth-order valence-corrected chi connectivity index (χ4v) is 3.00. The number of carbonyl (C=O) groups excluding carboxylic acids is 2. The number of aryl methyl sites for hydroxylation is 1. The van der Waals surface area contributed by atoms with E-state index in [2.05, 4.69) is 20.8 Å². The summed E-state index contributed by atoms with van der Waals surface area (Å²) in [4.78, 5) is 26.0. The summed E-state index contributed by atoms with van der Waals surface area (Å²) in [7, 11) is 1.71. The molecule has 2 N–H and O–H groups in total. The van der Waals surface area contributed by atoms with Gasteiger partial charge < -0.3 is 10.6 Å². The number of anilines is 2. The molecule has 25 heavy (non-hydrogen) atoms. The smallest absolute Gasteiger partial charge is 0.232 e. The Morgan fingerprint density at radius 3 is 2.88 bits per heavy atom. The normalized spacial score (nSPS) is 16.4. The summed E-state index contributed by atoms with van der Waals surface area (Å²) >= 11 is 0. The topological polar surface area (TPSA) is 88.9 Å². The number of hydrogen-bond acceptors (Lipinski definition) is 4. The van der Waals surface area contributed by atoms with Crippen molar-refractivity contribution in [2.75, 3.05) is 10.6 Å². The van der Waals surface area contributed by atoms with Crippen LogP contribution in [0.15, 0.2) is 36.4 Å². The first kappa shape index (κ1) is 15.3. The van der Waals surface area contributed by atoms with E-state index in [4.69, 9.17) is 0 Å². The van der Waals surface area contributed by atoms with Gasteiger partial charge in [-0.2, -0.15) is 15.0 Å². The van der Waals surface area contributed by atoms with Crippen molar-refractivity contribution in [2.45, 2.75) is 12.3 Å². The highest BCUT2D eigenvalue weighted by molar-refractivity contribution is 6.05. The monoisotopic (exact) mass is 339 g/mol. The van der Waals surface area contributed by atoms with Gasteiger partial charge >= 0.3 is 0 Å². The van der Waals surface area contributed by atoms with Gasteiger partial charge in [0.15, 0.2) is 0 Å². The molecule has 0 saturated carbocycles. The van der Waals surface area contributed by atoms with Crippen molar-refractivity contribution in [1.82, 2.24) is 15.0 Å². The molecule has 1 aromatic heterocycles. The lowest BCUT2D eigenvalue weighted by atomic mass is 9.89. The van der Waals surface area contributed by atoms with Crippen LogP contribution < -0.4 is 10.6 Å². The Bertz CT molecular complexity index is 1010. The second kappa shape index (κ2) is 5.66. The molecule has 126 valence electrons. The largest absolute Gasteiger partial charge is 0.326 e. The fourth-order valence-electron chi connectivity index (χ4n) is 3.00. The van der Waals surface area contributed by atoms with Crippen LogP contribution in [0, 0.1) is 5.82 Å². The van der Waals surface area contributed by atoms with Gasteiger partial charge in [-0.1, -0.05) is 0 Å². The van der Waals surface area contributed by atoms with E-state index in [9.17, 15) is 14.0 Å². The van der Waals surface area contributed by atoms with Gasteiger partial charge in [0.2, 0.25) is 11.8 Å². The number of amides is 2.